The van der Waals surface area contributed by atoms with E-state index in [9.17, 15) is 9.59 Å². The number of aliphatic hydroxyl groups excluding tert-OH is 1. The zero-order chi connectivity index (χ0) is 18.2. The maximum Gasteiger partial charge on any atom is 0.254 e. The molecule has 0 radical (unpaired) electrons. The van der Waals surface area contributed by atoms with Crippen LogP contribution in [0.3, 0.4) is 0 Å². The number of carbonyl (C=O) groups is 2. The quantitative estimate of drug-likeness (QED) is 0.724. The molecule has 0 saturated carbocycles. The molecule has 1 aromatic heterocycles. The molecule has 0 aliphatic heterocycles. The SMILES string of the molecule is CCC(C)C(=O)Cc1ccc(Cc2cncc(C(=O)NCO)c2)cc1. The summed E-state index contributed by atoms with van der Waals surface area (Å²) in [5.74, 6) is 0.0105. The van der Waals surface area contributed by atoms with Gasteiger partial charge in [0.25, 0.3) is 5.91 Å². The first-order valence-corrected chi connectivity index (χ1v) is 8.47. The molecule has 25 heavy (non-hydrogen) atoms. The zero-order valence-corrected chi connectivity index (χ0v) is 14.7. The van der Waals surface area contributed by atoms with Gasteiger partial charge in [-0.15, -0.1) is 0 Å². The van der Waals surface area contributed by atoms with Crippen LogP contribution in [0.25, 0.3) is 0 Å². The van der Waals surface area contributed by atoms with E-state index in [0.717, 1.165) is 23.1 Å². The van der Waals surface area contributed by atoms with Crippen LogP contribution in [-0.2, 0) is 17.6 Å². The first kappa shape index (κ1) is 18.8. The van der Waals surface area contributed by atoms with Crippen molar-refractivity contribution in [2.24, 2.45) is 5.92 Å². The molecule has 0 saturated heterocycles. The maximum atomic E-state index is 12.0. The third-order valence-corrected chi connectivity index (χ3v) is 4.27. The second kappa shape index (κ2) is 9.08. The highest BCUT2D eigenvalue weighted by molar-refractivity contribution is 5.93. The number of nitrogens with zero attached hydrogens (tertiary/aromatic N) is 1. The number of rotatable bonds is 8. The molecule has 1 heterocycles. The van der Waals surface area contributed by atoms with Crippen LogP contribution in [0.2, 0.25) is 0 Å². The molecular weight excluding hydrogens is 316 g/mol. The van der Waals surface area contributed by atoms with Crippen molar-refractivity contribution in [3.8, 4) is 0 Å². The van der Waals surface area contributed by atoms with Crippen LogP contribution in [0.1, 0.15) is 47.3 Å². The monoisotopic (exact) mass is 340 g/mol. The van der Waals surface area contributed by atoms with Gasteiger partial charge in [-0.05, 0) is 35.6 Å². The van der Waals surface area contributed by atoms with Gasteiger partial charge in [0.05, 0.1) is 5.56 Å². The highest BCUT2D eigenvalue weighted by atomic mass is 16.3. The van der Waals surface area contributed by atoms with Crippen molar-refractivity contribution in [3.63, 3.8) is 0 Å². The van der Waals surface area contributed by atoms with E-state index in [1.54, 1.807) is 12.3 Å². The molecular formula is C20H24N2O3. The normalized spacial score (nSPS) is 11.8. The minimum Gasteiger partial charge on any atom is -0.376 e. The Bertz CT molecular complexity index is 726. The average molecular weight is 340 g/mol. The van der Waals surface area contributed by atoms with Crippen LogP contribution in [0, 0.1) is 5.92 Å². The Labute approximate surface area is 148 Å². The molecule has 0 spiro atoms. The van der Waals surface area contributed by atoms with Gasteiger partial charge in [-0.25, -0.2) is 0 Å². The molecule has 5 nitrogen and oxygen atoms in total. The summed E-state index contributed by atoms with van der Waals surface area (Å²) in [6.07, 6.45) is 5.17. The number of aromatic nitrogens is 1. The van der Waals surface area contributed by atoms with Crippen molar-refractivity contribution >= 4 is 11.7 Å². The fraction of sp³-hybridized carbons (Fsp3) is 0.350. The van der Waals surface area contributed by atoms with Crippen molar-refractivity contribution in [1.82, 2.24) is 10.3 Å². The summed E-state index contributed by atoms with van der Waals surface area (Å²) >= 11 is 0. The molecule has 0 fully saturated rings. The molecule has 1 aromatic carbocycles. The first-order valence-electron chi connectivity index (χ1n) is 8.47. The lowest BCUT2D eigenvalue weighted by Crippen LogP contribution is -2.24. The molecule has 5 heteroatoms. The summed E-state index contributed by atoms with van der Waals surface area (Å²) in [6, 6.07) is 9.72. The predicted octanol–water partition coefficient (Wildman–Crippen LogP) is 2.51. The summed E-state index contributed by atoms with van der Waals surface area (Å²) in [5.41, 5.74) is 3.43. The summed E-state index contributed by atoms with van der Waals surface area (Å²) < 4.78 is 0. The van der Waals surface area contributed by atoms with E-state index in [4.69, 9.17) is 5.11 Å². The van der Waals surface area contributed by atoms with Gasteiger partial charge in [-0.2, -0.15) is 0 Å². The van der Waals surface area contributed by atoms with Gasteiger partial charge in [0.15, 0.2) is 0 Å². The van der Waals surface area contributed by atoms with Crippen molar-refractivity contribution in [2.45, 2.75) is 33.1 Å². The molecule has 1 amide bonds. The van der Waals surface area contributed by atoms with Gasteiger partial charge >= 0.3 is 0 Å². The lowest BCUT2D eigenvalue weighted by molar-refractivity contribution is -0.121. The van der Waals surface area contributed by atoms with E-state index in [2.05, 4.69) is 10.3 Å². The van der Waals surface area contributed by atoms with Gasteiger partial charge < -0.3 is 10.4 Å². The van der Waals surface area contributed by atoms with Gasteiger partial charge in [0, 0.05) is 24.7 Å². The Kier molecular flexibility index (Phi) is 6.83. The summed E-state index contributed by atoms with van der Waals surface area (Å²) in [4.78, 5) is 27.8. The van der Waals surface area contributed by atoms with Gasteiger partial charge in [-0.3, -0.25) is 14.6 Å². The summed E-state index contributed by atoms with van der Waals surface area (Å²) in [6.45, 7) is 3.58. The van der Waals surface area contributed by atoms with Gasteiger partial charge in [0.1, 0.15) is 12.5 Å². The number of nitrogens with one attached hydrogen (secondary N) is 1. The third-order valence-electron chi connectivity index (χ3n) is 4.27. The first-order chi connectivity index (χ1) is 12.0. The number of hydrogen-bond acceptors (Lipinski definition) is 4. The van der Waals surface area contributed by atoms with Crippen molar-refractivity contribution < 1.29 is 14.7 Å². The minimum absolute atomic E-state index is 0.0959. The Morgan fingerprint density at radius 3 is 2.44 bits per heavy atom. The third kappa shape index (κ3) is 5.50. The largest absolute Gasteiger partial charge is 0.376 e. The molecule has 0 bridgehead atoms. The van der Waals surface area contributed by atoms with Gasteiger partial charge in [0.2, 0.25) is 0 Å². The molecule has 132 valence electrons. The number of hydrogen-bond donors (Lipinski definition) is 2. The fourth-order valence-corrected chi connectivity index (χ4v) is 2.50. The Morgan fingerprint density at radius 1 is 1.12 bits per heavy atom. The van der Waals surface area contributed by atoms with Crippen molar-refractivity contribution in [2.75, 3.05) is 6.73 Å². The second-order valence-electron chi connectivity index (χ2n) is 6.19. The minimum atomic E-state index is -0.403. The van der Waals surface area contributed by atoms with Crippen LogP contribution in [0.4, 0.5) is 0 Å². The topological polar surface area (TPSA) is 79.3 Å². The van der Waals surface area contributed by atoms with Crippen LogP contribution in [0.5, 0.6) is 0 Å². The summed E-state index contributed by atoms with van der Waals surface area (Å²) in [5, 5.41) is 11.1. The Hall–Kier alpha value is -2.53. The number of Topliss-reactive ketones (excluding diaryl/α,β-unsaturated/α-hetero) is 1. The average Bonchev–Trinajstić information content (AvgIpc) is 2.63. The number of amides is 1. The number of carbonyl (C=O) groups excluding carboxylic acids is 2. The molecule has 2 N–H and O–H groups in total. The number of benzene rings is 1. The zero-order valence-electron chi connectivity index (χ0n) is 14.7. The van der Waals surface area contributed by atoms with E-state index >= 15 is 0 Å². The number of pyridine rings is 1. The van der Waals surface area contributed by atoms with Crippen LogP contribution in [-0.4, -0.2) is 28.5 Å². The smallest absolute Gasteiger partial charge is 0.254 e. The molecule has 1 unspecified atom stereocenters. The van der Waals surface area contributed by atoms with E-state index in [1.165, 1.54) is 6.20 Å². The highest BCUT2D eigenvalue weighted by Gasteiger charge is 2.11. The van der Waals surface area contributed by atoms with E-state index < -0.39 is 6.73 Å². The van der Waals surface area contributed by atoms with Crippen LogP contribution < -0.4 is 5.32 Å². The van der Waals surface area contributed by atoms with Crippen molar-refractivity contribution in [1.29, 1.82) is 0 Å². The molecule has 1 atom stereocenters. The number of ketones is 1. The molecule has 0 aliphatic carbocycles. The predicted molar refractivity (Wildman–Crippen MR) is 96.2 cm³/mol. The molecule has 2 rings (SSSR count). The Balaban J connectivity index is 2.03. The molecule has 0 aliphatic rings. The lowest BCUT2D eigenvalue weighted by atomic mass is 9.96. The van der Waals surface area contributed by atoms with E-state index in [0.29, 0.717) is 18.4 Å². The Morgan fingerprint density at radius 2 is 1.80 bits per heavy atom. The lowest BCUT2D eigenvalue weighted by Gasteiger charge is -2.08. The standard InChI is InChI=1S/C20H24N2O3/c1-3-14(2)19(24)10-16-6-4-15(5-7-16)8-17-9-18(12-21-11-17)20(25)22-13-23/h4-7,9,11-12,14,23H,3,8,10,13H2,1-2H3,(H,22,25). The van der Waals surface area contributed by atoms with E-state index in [1.807, 2.05) is 38.1 Å². The van der Waals surface area contributed by atoms with Crippen molar-refractivity contribution in [3.05, 3.63) is 65.0 Å². The van der Waals surface area contributed by atoms with Gasteiger partial charge in [-0.1, -0.05) is 38.1 Å². The van der Waals surface area contributed by atoms with Crippen LogP contribution >= 0.6 is 0 Å². The molecule has 2 aromatic rings. The maximum absolute atomic E-state index is 12.0. The van der Waals surface area contributed by atoms with E-state index in [-0.39, 0.29) is 17.6 Å². The summed E-state index contributed by atoms with van der Waals surface area (Å²) in [7, 11) is 0. The van der Waals surface area contributed by atoms with Crippen LogP contribution in [0.15, 0.2) is 42.7 Å². The fourth-order valence-electron chi connectivity index (χ4n) is 2.50. The highest BCUT2D eigenvalue weighted by Crippen LogP contribution is 2.14. The second-order valence-corrected chi connectivity index (χ2v) is 6.19. The number of aliphatic hydroxyl groups is 1.